The van der Waals surface area contributed by atoms with Gasteiger partial charge < -0.3 is 10.1 Å². The Balaban J connectivity index is 1.41. The zero-order chi connectivity index (χ0) is 20.2. The zero-order valence-corrected chi connectivity index (χ0v) is 19.0. The summed E-state index contributed by atoms with van der Waals surface area (Å²) in [7, 11) is 0. The highest BCUT2D eigenvalue weighted by Crippen LogP contribution is 2.61. The number of amides is 1. The van der Waals surface area contributed by atoms with Crippen LogP contribution in [0.5, 0.6) is 5.75 Å². The minimum absolute atomic E-state index is 0.101. The molecule has 154 valence electrons. The van der Waals surface area contributed by atoms with Gasteiger partial charge in [-0.3, -0.25) is 4.79 Å². The summed E-state index contributed by atoms with van der Waals surface area (Å²) >= 11 is 18.9. The van der Waals surface area contributed by atoms with Crippen molar-refractivity contribution < 1.29 is 9.53 Å². The van der Waals surface area contributed by atoms with Gasteiger partial charge >= 0.3 is 0 Å². The number of carbonyl (C=O) groups excluding carboxylic acids is 1. The maximum atomic E-state index is 12.6. The van der Waals surface area contributed by atoms with E-state index in [4.69, 9.17) is 39.5 Å². The molecule has 0 saturated heterocycles. The molecule has 1 unspecified atom stereocenters. The standard InChI is InChI=1S/C22H28Cl3NO2/c1-11-18(23)12(2)20(25)21(19(11)24)28-10-17(27)26-13(3)22-7-14-4-15(8-22)6-16(5-14)9-22/h13-16H,4-10H2,1-3H3,(H,26,27). The lowest BCUT2D eigenvalue weighted by Crippen LogP contribution is -2.56. The summed E-state index contributed by atoms with van der Waals surface area (Å²) in [4.78, 5) is 12.6. The first-order valence-electron chi connectivity index (χ1n) is 10.3. The van der Waals surface area contributed by atoms with Crippen molar-refractivity contribution in [2.45, 2.75) is 65.3 Å². The van der Waals surface area contributed by atoms with E-state index >= 15 is 0 Å². The maximum absolute atomic E-state index is 12.6. The largest absolute Gasteiger partial charge is 0.481 e. The van der Waals surface area contributed by atoms with Crippen LogP contribution in [-0.2, 0) is 4.79 Å². The Kier molecular flexibility index (Phi) is 5.57. The molecule has 28 heavy (non-hydrogen) atoms. The molecule has 0 radical (unpaired) electrons. The van der Waals surface area contributed by atoms with Crippen molar-refractivity contribution in [3.8, 4) is 5.75 Å². The first-order valence-corrected chi connectivity index (χ1v) is 11.4. The Hall–Kier alpha value is -0.640. The van der Waals surface area contributed by atoms with Crippen LogP contribution in [0.1, 0.15) is 56.6 Å². The van der Waals surface area contributed by atoms with Crippen molar-refractivity contribution in [3.05, 3.63) is 26.2 Å². The van der Waals surface area contributed by atoms with Crippen LogP contribution < -0.4 is 10.1 Å². The van der Waals surface area contributed by atoms with Crippen LogP contribution in [0.4, 0.5) is 0 Å². The van der Waals surface area contributed by atoms with E-state index in [2.05, 4.69) is 12.2 Å². The van der Waals surface area contributed by atoms with E-state index in [0.717, 1.165) is 17.8 Å². The highest BCUT2D eigenvalue weighted by molar-refractivity contribution is 6.42. The van der Waals surface area contributed by atoms with Gasteiger partial charge in [-0.2, -0.15) is 0 Å². The first-order chi connectivity index (χ1) is 13.2. The number of benzene rings is 1. The quantitative estimate of drug-likeness (QED) is 0.573. The molecule has 4 aliphatic carbocycles. The summed E-state index contributed by atoms with van der Waals surface area (Å²) in [6, 6.07) is 0.164. The van der Waals surface area contributed by atoms with Crippen molar-refractivity contribution in [1.29, 1.82) is 0 Å². The zero-order valence-electron chi connectivity index (χ0n) is 16.7. The van der Waals surface area contributed by atoms with Gasteiger partial charge in [-0.15, -0.1) is 0 Å². The molecule has 4 bridgehead atoms. The SMILES string of the molecule is Cc1c(Cl)c(C)c(Cl)c(OCC(=O)NC(C)C23CC4CC(CC(C4)C2)C3)c1Cl. The fourth-order valence-electron chi connectivity index (χ4n) is 6.32. The molecule has 1 amide bonds. The smallest absolute Gasteiger partial charge is 0.258 e. The third-order valence-corrected chi connectivity index (χ3v) is 8.92. The summed E-state index contributed by atoms with van der Waals surface area (Å²) in [6.45, 7) is 5.70. The predicted octanol–water partition coefficient (Wildman–Crippen LogP) is 6.36. The topological polar surface area (TPSA) is 38.3 Å². The van der Waals surface area contributed by atoms with E-state index in [1.807, 2.05) is 13.8 Å². The van der Waals surface area contributed by atoms with Crippen molar-refractivity contribution in [1.82, 2.24) is 5.32 Å². The number of halogens is 3. The van der Waals surface area contributed by atoms with Gasteiger partial charge in [-0.1, -0.05) is 34.8 Å². The Morgan fingerprint density at radius 2 is 1.46 bits per heavy atom. The summed E-state index contributed by atoms with van der Waals surface area (Å²) in [5.41, 5.74) is 1.69. The van der Waals surface area contributed by atoms with Crippen LogP contribution in [0.15, 0.2) is 0 Å². The molecule has 3 nitrogen and oxygen atoms in total. The molecular weight excluding hydrogens is 417 g/mol. The normalized spacial score (nSPS) is 31.7. The van der Waals surface area contributed by atoms with Crippen LogP contribution in [-0.4, -0.2) is 18.6 Å². The third kappa shape index (κ3) is 3.52. The molecule has 5 rings (SSSR count). The first kappa shape index (κ1) is 20.6. The van der Waals surface area contributed by atoms with Crippen molar-refractivity contribution in [3.63, 3.8) is 0 Å². The summed E-state index contributed by atoms with van der Waals surface area (Å²) < 4.78 is 5.73. The number of hydrogen-bond donors (Lipinski definition) is 1. The van der Waals surface area contributed by atoms with E-state index in [9.17, 15) is 4.79 Å². The molecule has 0 aliphatic heterocycles. The van der Waals surface area contributed by atoms with Gasteiger partial charge in [0.15, 0.2) is 12.4 Å². The molecule has 0 heterocycles. The van der Waals surface area contributed by atoms with Crippen LogP contribution in [0.25, 0.3) is 0 Å². The van der Waals surface area contributed by atoms with Crippen molar-refractivity contribution in [2.75, 3.05) is 6.61 Å². The van der Waals surface area contributed by atoms with Crippen LogP contribution in [0.3, 0.4) is 0 Å². The molecule has 1 N–H and O–H groups in total. The van der Waals surface area contributed by atoms with Crippen LogP contribution in [0.2, 0.25) is 15.1 Å². The second kappa shape index (κ2) is 7.56. The van der Waals surface area contributed by atoms with Gasteiger partial charge in [-0.25, -0.2) is 0 Å². The number of ether oxygens (including phenoxy) is 1. The molecule has 1 aromatic rings. The van der Waals surface area contributed by atoms with Crippen molar-refractivity contribution in [2.24, 2.45) is 23.2 Å². The second-order valence-electron chi connectivity index (χ2n) is 9.38. The van der Waals surface area contributed by atoms with Gasteiger partial charge in [0, 0.05) is 11.1 Å². The number of carbonyl (C=O) groups is 1. The fraction of sp³-hybridized carbons (Fsp3) is 0.682. The van der Waals surface area contributed by atoms with Gasteiger partial charge in [0.2, 0.25) is 0 Å². The summed E-state index contributed by atoms with van der Waals surface area (Å²) in [6.07, 6.45) is 7.97. The Morgan fingerprint density at radius 1 is 1.00 bits per heavy atom. The fourth-order valence-corrected chi connectivity index (χ4v) is 7.14. The Bertz CT molecular complexity index is 743. The molecule has 1 aromatic carbocycles. The minimum atomic E-state index is -0.124. The molecule has 0 spiro atoms. The highest BCUT2D eigenvalue weighted by Gasteiger charge is 2.53. The molecule has 0 aromatic heterocycles. The maximum Gasteiger partial charge on any atom is 0.258 e. The third-order valence-electron chi connectivity index (χ3n) is 7.44. The average molecular weight is 445 g/mol. The van der Waals surface area contributed by atoms with Gasteiger partial charge in [-0.05, 0) is 93.6 Å². The highest BCUT2D eigenvalue weighted by atomic mass is 35.5. The van der Waals surface area contributed by atoms with E-state index in [1.165, 1.54) is 38.5 Å². The summed E-state index contributed by atoms with van der Waals surface area (Å²) in [5, 5.41) is 4.47. The van der Waals surface area contributed by atoms with Gasteiger partial charge in [0.05, 0.1) is 10.0 Å². The Morgan fingerprint density at radius 3 is 1.93 bits per heavy atom. The van der Waals surface area contributed by atoms with E-state index in [1.54, 1.807) is 0 Å². The Labute approximate surface area is 182 Å². The van der Waals surface area contributed by atoms with E-state index in [-0.39, 0.29) is 24.0 Å². The second-order valence-corrected chi connectivity index (χ2v) is 10.5. The molecule has 4 saturated carbocycles. The average Bonchev–Trinajstić information content (AvgIpc) is 2.63. The molecule has 6 heteroatoms. The monoisotopic (exact) mass is 443 g/mol. The lowest BCUT2D eigenvalue weighted by atomic mass is 9.48. The molecule has 4 aliphatic rings. The van der Waals surface area contributed by atoms with Crippen LogP contribution in [0, 0.1) is 37.0 Å². The lowest BCUT2D eigenvalue weighted by molar-refractivity contribution is -0.127. The minimum Gasteiger partial charge on any atom is -0.481 e. The van der Waals surface area contributed by atoms with Crippen LogP contribution >= 0.6 is 34.8 Å². The van der Waals surface area contributed by atoms with Gasteiger partial charge in [0.1, 0.15) is 0 Å². The summed E-state index contributed by atoms with van der Waals surface area (Å²) in [5.74, 6) is 2.79. The number of rotatable bonds is 5. The van der Waals surface area contributed by atoms with E-state index in [0.29, 0.717) is 31.9 Å². The van der Waals surface area contributed by atoms with Crippen molar-refractivity contribution >= 4 is 40.7 Å². The lowest BCUT2D eigenvalue weighted by Gasteiger charge is -2.59. The predicted molar refractivity (Wildman–Crippen MR) is 115 cm³/mol. The number of hydrogen-bond acceptors (Lipinski definition) is 2. The molecular formula is C22H28Cl3NO2. The molecule has 4 fully saturated rings. The molecule has 1 atom stereocenters. The van der Waals surface area contributed by atoms with E-state index < -0.39 is 0 Å². The number of nitrogens with one attached hydrogen (secondary N) is 1. The van der Waals surface area contributed by atoms with Gasteiger partial charge in [0.25, 0.3) is 5.91 Å².